The lowest BCUT2D eigenvalue weighted by atomic mass is 10.0. The van der Waals surface area contributed by atoms with Crippen LogP contribution < -0.4 is 9.62 Å². The Balaban J connectivity index is 1.81. The first kappa shape index (κ1) is 32.5. The molecule has 2 amide bonds. The van der Waals surface area contributed by atoms with Crippen LogP contribution in [0, 0.1) is 13.8 Å². The van der Waals surface area contributed by atoms with Crippen molar-refractivity contribution in [1.82, 2.24) is 10.2 Å². The highest BCUT2D eigenvalue weighted by Crippen LogP contribution is 2.26. The largest absolute Gasteiger partial charge is 0.350 e. The fourth-order valence-corrected chi connectivity index (χ4v) is 6.36. The lowest BCUT2D eigenvalue weighted by Gasteiger charge is -2.35. The van der Waals surface area contributed by atoms with Gasteiger partial charge in [0, 0.05) is 18.5 Å². The van der Waals surface area contributed by atoms with Crippen molar-refractivity contribution in [1.29, 1.82) is 0 Å². The highest BCUT2D eigenvalue weighted by Gasteiger charge is 2.35. The van der Waals surface area contributed by atoms with Gasteiger partial charge in [-0.1, -0.05) is 90.5 Å². The van der Waals surface area contributed by atoms with E-state index in [0.29, 0.717) is 5.69 Å². The average Bonchev–Trinajstić information content (AvgIpc) is 2.98. The van der Waals surface area contributed by atoms with Crippen LogP contribution in [0.4, 0.5) is 5.69 Å². The molecule has 4 rings (SSSR count). The van der Waals surface area contributed by atoms with E-state index in [2.05, 4.69) is 5.32 Å². The number of benzene rings is 4. The Kier molecular flexibility index (Phi) is 10.3. The maximum atomic E-state index is 14.5. The molecule has 0 unspecified atom stereocenters. The number of carbonyl (C=O) groups excluding carboxylic acids is 2. The molecule has 0 bridgehead atoms. The van der Waals surface area contributed by atoms with Gasteiger partial charge in [-0.2, -0.15) is 0 Å². The number of hydrogen-bond acceptors (Lipinski definition) is 4. The van der Waals surface area contributed by atoms with E-state index >= 15 is 0 Å². The van der Waals surface area contributed by atoms with Crippen molar-refractivity contribution in [2.75, 3.05) is 10.8 Å². The maximum Gasteiger partial charge on any atom is 0.264 e. The molecule has 0 aliphatic heterocycles. The molecular formula is C36H41N3O4S. The minimum absolute atomic E-state index is 0.0747. The van der Waals surface area contributed by atoms with E-state index in [9.17, 15) is 18.0 Å². The van der Waals surface area contributed by atoms with E-state index in [0.717, 1.165) is 26.6 Å². The third-order valence-electron chi connectivity index (χ3n) is 7.14. The van der Waals surface area contributed by atoms with Gasteiger partial charge >= 0.3 is 0 Å². The molecule has 7 nitrogen and oxygen atoms in total. The summed E-state index contributed by atoms with van der Waals surface area (Å²) in [6.45, 7) is 9.17. The van der Waals surface area contributed by atoms with E-state index in [1.807, 2.05) is 95.3 Å². The SMILES string of the molecule is Cc1ccc(CN(C(=O)CN(c2cccc(C)c2)S(=O)(=O)c2ccccc2)[C@@H](Cc2ccccc2)C(=O)NC(C)(C)C)cc1. The van der Waals surface area contributed by atoms with Crippen LogP contribution in [-0.4, -0.2) is 43.3 Å². The summed E-state index contributed by atoms with van der Waals surface area (Å²) < 4.78 is 29.3. The van der Waals surface area contributed by atoms with Crippen LogP contribution in [0.3, 0.4) is 0 Å². The van der Waals surface area contributed by atoms with Gasteiger partial charge in [-0.05, 0) is 75.6 Å². The second-order valence-corrected chi connectivity index (χ2v) is 14.0. The molecule has 1 N–H and O–H groups in total. The van der Waals surface area contributed by atoms with Gasteiger partial charge in [-0.15, -0.1) is 0 Å². The zero-order valence-electron chi connectivity index (χ0n) is 26.0. The minimum Gasteiger partial charge on any atom is -0.350 e. The van der Waals surface area contributed by atoms with E-state index in [4.69, 9.17) is 0 Å². The van der Waals surface area contributed by atoms with Gasteiger partial charge in [0.15, 0.2) is 0 Å². The Morgan fingerprint density at radius 1 is 0.750 bits per heavy atom. The number of amides is 2. The summed E-state index contributed by atoms with van der Waals surface area (Å²) in [4.78, 5) is 30.0. The number of nitrogens with one attached hydrogen (secondary N) is 1. The lowest BCUT2D eigenvalue weighted by Crippen LogP contribution is -2.56. The van der Waals surface area contributed by atoms with E-state index in [-0.39, 0.29) is 23.8 Å². The second-order valence-electron chi connectivity index (χ2n) is 12.1. The van der Waals surface area contributed by atoms with Crippen molar-refractivity contribution in [3.63, 3.8) is 0 Å². The topological polar surface area (TPSA) is 86.8 Å². The summed E-state index contributed by atoms with van der Waals surface area (Å²) in [6.07, 6.45) is 0.260. The monoisotopic (exact) mass is 611 g/mol. The molecule has 4 aromatic carbocycles. The van der Waals surface area contributed by atoms with Gasteiger partial charge in [-0.3, -0.25) is 13.9 Å². The van der Waals surface area contributed by atoms with Gasteiger partial charge in [0.25, 0.3) is 10.0 Å². The molecule has 8 heteroatoms. The Bertz CT molecular complexity index is 1670. The molecule has 1 atom stereocenters. The molecular weight excluding hydrogens is 570 g/mol. The van der Waals surface area contributed by atoms with E-state index < -0.39 is 34.1 Å². The summed E-state index contributed by atoms with van der Waals surface area (Å²) in [6, 6.07) is 31.5. The maximum absolute atomic E-state index is 14.5. The minimum atomic E-state index is -4.13. The molecule has 0 heterocycles. The van der Waals surface area contributed by atoms with E-state index in [1.54, 1.807) is 36.4 Å². The molecule has 0 aliphatic rings. The van der Waals surface area contributed by atoms with Crippen molar-refractivity contribution in [3.05, 3.63) is 131 Å². The van der Waals surface area contributed by atoms with Crippen molar-refractivity contribution in [2.24, 2.45) is 0 Å². The van der Waals surface area contributed by atoms with Crippen LogP contribution in [0.1, 0.15) is 43.0 Å². The normalized spacial score (nSPS) is 12.3. The molecule has 44 heavy (non-hydrogen) atoms. The standard InChI is InChI=1S/C36H41N3O4S/c1-27-19-21-30(22-20-27)25-38(33(35(41)37-36(3,4)5)24-29-14-8-6-9-15-29)34(40)26-39(31-16-12-13-28(2)23-31)44(42,43)32-17-10-7-11-18-32/h6-23,33H,24-26H2,1-5H3,(H,37,41)/t33-/m0/s1. The summed E-state index contributed by atoms with van der Waals surface area (Å²) in [5.74, 6) is -0.800. The van der Waals surface area contributed by atoms with E-state index in [1.165, 1.54) is 17.0 Å². The second kappa shape index (κ2) is 13.9. The van der Waals surface area contributed by atoms with Gasteiger partial charge in [0.2, 0.25) is 11.8 Å². The van der Waals surface area contributed by atoms with Gasteiger partial charge < -0.3 is 10.2 Å². The lowest BCUT2D eigenvalue weighted by molar-refractivity contribution is -0.140. The highest BCUT2D eigenvalue weighted by molar-refractivity contribution is 7.92. The Labute approximate surface area is 261 Å². The van der Waals surface area contributed by atoms with Crippen molar-refractivity contribution >= 4 is 27.5 Å². The molecule has 0 fully saturated rings. The fourth-order valence-electron chi connectivity index (χ4n) is 4.93. The number of hydrogen-bond donors (Lipinski definition) is 1. The predicted octanol–water partition coefficient (Wildman–Crippen LogP) is 6.05. The smallest absolute Gasteiger partial charge is 0.264 e. The third kappa shape index (κ3) is 8.57. The van der Waals surface area contributed by atoms with Gasteiger partial charge in [0.1, 0.15) is 12.6 Å². The molecule has 230 valence electrons. The first-order chi connectivity index (χ1) is 20.8. The number of aryl methyl sites for hydroxylation is 2. The first-order valence-corrected chi connectivity index (χ1v) is 16.1. The number of nitrogens with zero attached hydrogens (tertiary/aromatic N) is 2. The molecule has 4 aromatic rings. The van der Waals surface area contributed by atoms with Crippen molar-refractivity contribution in [2.45, 2.75) is 64.1 Å². The quantitative estimate of drug-likeness (QED) is 0.224. The number of rotatable bonds is 11. The van der Waals surface area contributed by atoms with Crippen molar-refractivity contribution in [3.8, 4) is 0 Å². The summed E-state index contributed by atoms with van der Waals surface area (Å²) in [7, 11) is -4.13. The van der Waals surface area contributed by atoms with Gasteiger partial charge in [0.05, 0.1) is 10.6 Å². The van der Waals surface area contributed by atoms with Crippen LogP contribution in [-0.2, 0) is 32.6 Å². The Morgan fingerprint density at radius 3 is 1.95 bits per heavy atom. The Morgan fingerprint density at radius 2 is 1.36 bits per heavy atom. The zero-order valence-corrected chi connectivity index (χ0v) is 26.8. The molecule has 0 aliphatic carbocycles. The first-order valence-electron chi connectivity index (χ1n) is 14.7. The van der Waals surface area contributed by atoms with Gasteiger partial charge in [-0.25, -0.2) is 8.42 Å². The molecule has 0 saturated heterocycles. The molecule has 0 aromatic heterocycles. The van der Waals surface area contributed by atoms with Crippen LogP contribution in [0.2, 0.25) is 0 Å². The summed E-state index contributed by atoms with van der Waals surface area (Å²) in [5.41, 5.74) is 3.46. The third-order valence-corrected chi connectivity index (χ3v) is 8.93. The van der Waals surface area contributed by atoms with Crippen molar-refractivity contribution < 1.29 is 18.0 Å². The average molecular weight is 612 g/mol. The number of carbonyl (C=O) groups is 2. The molecule has 0 saturated carbocycles. The Hall–Kier alpha value is -4.43. The number of sulfonamides is 1. The van der Waals surface area contributed by atoms with Crippen LogP contribution in [0.15, 0.2) is 114 Å². The number of anilines is 1. The van der Waals surface area contributed by atoms with Crippen LogP contribution in [0.25, 0.3) is 0 Å². The zero-order chi connectivity index (χ0) is 31.9. The predicted molar refractivity (Wildman–Crippen MR) is 176 cm³/mol. The molecule has 0 radical (unpaired) electrons. The van der Waals surface area contributed by atoms with Crippen LogP contribution in [0.5, 0.6) is 0 Å². The fraction of sp³-hybridized carbons (Fsp3) is 0.278. The summed E-state index contributed by atoms with van der Waals surface area (Å²) in [5, 5.41) is 3.05. The summed E-state index contributed by atoms with van der Waals surface area (Å²) >= 11 is 0. The highest BCUT2D eigenvalue weighted by atomic mass is 32.2. The molecule has 0 spiro atoms. The van der Waals surface area contributed by atoms with Crippen LogP contribution >= 0.6 is 0 Å².